The summed E-state index contributed by atoms with van der Waals surface area (Å²) in [6, 6.07) is 10.1. The lowest BCUT2D eigenvalue weighted by atomic mass is 10.2. The van der Waals surface area contributed by atoms with Crippen LogP contribution in [-0.2, 0) is 21.0 Å². The molecule has 0 bridgehead atoms. The van der Waals surface area contributed by atoms with Gasteiger partial charge in [0.05, 0.1) is 17.5 Å². The highest BCUT2D eigenvalue weighted by Gasteiger charge is 2.32. The molecule has 0 aliphatic rings. The first-order valence-electron chi connectivity index (χ1n) is 8.29. The van der Waals surface area contributed by atoms with Crippen LogP contribution in [0.15, 0.2) is 61.2 Å². The molecule has 2 aromatic rings. The van der Waals surface area contributed by atoms with Gasteiger partial charge >= 0.3 is 6.18 Å². The molecule has 0 saturated carbocycles. The number of ether oxygens (including phenoxy) is 1. The van der Waals surface area contributed by atoms with Gasteiger partial charge in [-0.25, -0.2) is 8.42 Å². The Hall–Kier alpha value is -3.01. The molecule has 0 fully saturated rings. The first kappa shape index (κ1) is 22.3. The van der Waals surface area contributed by atoms with Crippen molar-refractivity contribution in [1.82, 2.24) is 0 Å². The van der Waals surface area contributed by atoms with E-state index in [1.54, 1.807) is 30.3 Å². The smallest absolute Gasteiger partial charge is 0.416 e. The number of halogens is 3. The van der Waals surface area contributed by atoms with Crippen molar-refractivity contribution in [3.63, 3.8) is 0 Å². The summed E-state index contributed by atoms with van der Waals surface area (Å²) in [6.45, 7) is 3.15. The van der Waals surface area contributed by atoms with Gasteiger partial charge in [0.1, 0.15) is 18.9 Å². The Morgan fingerprint density at radius 2 is 1.86 bits per heavy atom. The normalized spacial score (nSPS) is 11.6. The SMILES string of the molecule is C=CCOc1ccc(NC(=O)CN(c2cccc(C(F)(F)F)c2)S(C)(=O)=O)cc1. The van der Waals surface area contributed by atoms with Gasteiger partial charge in [-0.2, -0.15) is 13.2 Å². The standard InChI is InChI=1S/C19H19F3N2O4S/c1-3-11-28-17-9-7-15(8-10-17)23-18(25)13-24(29(2,26)27)16-6-4-5-14(12-16)19(20,21)22/h3-10,12H,1,11,13H2,2H3,(H,23,25). The topological polar surface area (TPSA) is 75.7 Å². The van der Waals surface area contributed by atoms with E-state index < -0.39 is 34.2 Å². The number of rotatable bonds is 8. The minimum atomic E-state index is -4.64. The number of nitrogens with zero attached hydrogens (tertiary/aromatic N) is 1. The second-order valence-electron chi connectivity index (χ2n) is 5.99. The van der Waals surface area contributed by atoms with Gasteiger partial charge < -0.3 is 10.1 Å². The van der Waals surface area contributed by atoms with Crippen LogP contribution in [-0.4, -0.2) is 33.7 Å². The number of amides is 1. The molecule has 0 spiro atoms. The van der Waals surface area contributed by atoms with Gasteiger partial charge in [-0.1, -0.05) is 18.7 Å². The summed E-state index contributed by atoms with van der Waals surface area (Å²) in [4.78, 5) is 12.3. The van der Waals surface area contributed by atoms with Crippen molar-refractivity contribution in [3.8, 4) is 5.75 Å². The molecule has 0 saturated heterocycles. The van der Waals surface area contributed by atoms with Gasteiger partial charge in [-0.3, -0.25) is 9.10 Å². The average Bonchev–Trinajstić information content (AvgIpc) is 2.64. The van der Waals surface area contributed by atoms with Crippen molar-refractivity contribution in [2.24, 2.45) is 0 Å². The van der Waals surface area contributed by atoms with E-state index in [9.17, 15) is 26.4 Å². The van der Waals surface area contributed by atoms with Gasteiger partial charge in [0.25, 0.3) is 0 Å². The molecule has 0 aliphatic carbocycles. The molecule has 0 aromatic heterocycles. The highest BCUT2D eigenvalue weighted by molar-refractivity contribution is 7.92. The molecule has 0 aliphatic heterocycles. The molecule has 0 unspecified atom stereocenters. The fourth-order valence-corrected chi connectivity index (χ4v) is 3.21. The summed E-state index contributed by atoms with van der Waals surface area (Å²) in [6.07, 6.45) is -2.26. The minimum absolute atomic E-state index is 0.259. The quantitative estimate of drug-likeness (QED) is 0.651. The number of alkyl halides is 3. The number of anilines is 2. The molecule has 6 nitrogen and oxygen atoms in total. The van der Waals surface area contributed by atoms with E-state index >= 15 is 0 Å². The second kappa shape index (κ2) is 8.99. The molecule has 29 heavy (non-hydrogen) atoms. The van der Waals surface area contributed by atoms with E-state index in [4.69, 9.17) is 4.74 Å². The van der Waals surface area contributed by atoms with Crippen molar-refractivity contribution in [3.05, 3.63) is 66.7 Å². The summed E-state index contributed by atoms with van der Waals surface area (Å²) in [5.41, 5.74) is -0.900. The van der Waals surface area contributed by atoms with Crippen molar-refractivity contribution < 1.29 is 31.1 Å². The van der Waals surface area contributed by atoms with Gasteiger partial charge in [0.15, 0.2) is 0 Å². The van der Waals surface area contributed by atoms with E-state index in [0.717, 1.165) is 18.4 Å². The fourth-order valence-electron chi connectivity index (χ4n) is 2.36. The summed E-state index contributed by atoms with van der Waals surface area (Å²) in [5.74, 6) is -0.169. The molecule has 0 atom stereocenters. The van der Waals surface area contributed by atoms with Crippen LogP contribution >= 0.6 is 0 Å². The number of carbonyl (C=O) groups is 1. The zero-order chi connectivity index (χ0) is 21.7. The summed E-state index contributed by atoms with van der Waals surface area (Å²) in [5, 5.41) is 2.50. The van der Waals surface area contributed by atoms with Gasteiger partial charge in [-0.15, -0.1) is 0 Å². The lowest BCUT2D eigenvalue weighted by Gasteiger charge is -2.22. The molecule has 1 amide bonds. The first-order valence-corrected chi connectivity index (χ1v) is 10.1. The zero-order valence-corrected chi connectivity index (χ0v) is 16.3. The first-order chi connectivity index (χ1) is 13.5. The monoisotopic (exact) mass is 428 g/mol. The molecule has 2 aromatic carbocycles. The Labute approximate surface area is 166 Å². The maximum Gasteiger partial charge on any atom is 0.416 e. The number of benzene rings is 2. The van der Waals surface area contributed by atoms with Crippen molar-refractivity contribution in [2.45, 2.75) is 6.18 Å². The minimum Gasteiger partial charge on any atom is -0.490 e. The van der Waals surface area contributed by atoms with Crippen LogP contribution in [0.1, 0.15) is 5.56 Å². The zero-order valence-electron chi connectivity index (χ0n) is 15.4. The molecule has 10 heteroatoms. The van der Waals surface area contributed by atoms with Crippen LogP contribution in [0.5, 0.6) is 5.75 Å². The Balaban J connectivity index is 2.17. The van der Waals surface area contributed by atoms with Crippen LogP contribution in [0.2, 0.25) is 0 Å². The molecule has 1 N–H and O–H groups in total. The Bertz CT molecular complexity index is 974. The van der Waals surface area contributed by atoms with E-state index in [-0.39, 0.29) is 5.69 Å². The lowest BCUT2D eigenvalue weighted by molar-refractivity contribution is -0.137. The number of sulfonamides is 1. The van der Waals surface area contributed by atoms with Crippen LogP contribution in [0.4, 0.5) is 24.5 Å². The average molecular weight is 428 g/mol. The largest absolute Gasteiger partial charge is 0.490 e. The van der Waals surface area contributed by atoms with E-state index in [0.29, 0.717) is 28.4 Å². The maximum atomic E-state index is 12.9. The van der Waals surface area contributed by atoms with E-state index in [1.165, 1.54) is 6.07 Å². The number of hydrogen-bond acceptors (Lipinski definition) is 4. The van der Waals surface area contributed by atoms with Gasteiger partial charge in [0.2, 0.25) is 15.9 Å². The molecule has 2 rings (SSSR count). The van der Waals surface area contributed by atoms with Crippen molar-refractivity contribution in [2.75, 3.05) is 29.0 Å². The summed E-state index contributed by atoms with van der Waals surface area (Å²) in [7, 11) is -4.01. The van der Waals surface area contributed by atoms with Gasteiger partial charge in [0, 0.05) is 5.69 Å². The highest BCUT2D eigenvalue weighted by atomic mass is 32.2. The third kappa shape index (κ3) is 6.53. The highest BCUT2D eigenvalue weighted by Crippen LogP contribution is 2.32. The Morgan fingerprint density at radius 3 is 2.41 bits per heavy atom. The third-order valence-electron chi connectivity index (χ3n) is 3.65. The summed E-state index contributed by atoms with van der Waals surface area (Å²) < 4.78 is 68.8. The van der Waals surface area contributed by atoms with Crippen LogP contribution in [0.3, 0.4) is 0 Å². The molecule has 0 radical (unpaired) electrons. The lowest BCUT2D eigenvalue weighted by Crippen LogP contribution is -2.37. The number of hydrogen-bond donors (Lipinski definition) is 1. The third-order valence-corrected chi connectivity index (χ3v) is 4.80. The fraction of sp³-hybridized carbons (Fsp3) is 0.211. The van der Waals surface area contributed by atoms with E-state index in [2.05, 4.69) is 11.9 Å². The van der Waals surface area contributed by atoms with Crippen LogP contribution < -0.4 is 14.4 Å². The van der Waals surface area contributed by atoms with Crippen molar-refractivity contribution in [1.29, 1.82) is 0 Å². The van der Waals surface area contributed by atoms with Gasteiger partial charge in [-0.05, 0) is 42.5 Å². The molecular weight excluding hydrogens is 409 g/mol. The Morgan fingerprint density at radius 1 is 1.21 bits per heavy atom. The Kier molecular flexibility index (Phi) is 6.91. The van der Waals surface area contributed by atoms with Crippen LogP contribution in [0.25, 0.3) is 0 Å². The molecular formula is C19H19F3N2O4S. The van der Waals surface area contributed by atoms with Crippen molar-refractivity contribution >= 4 is 27.3 Å². The number of carbonyl (C=O) groups excluding carboxylic acids is 1. The maximum absolute atomic E-state index is 12.9. The number of nitrogens with one attached hydrogen (secondary N) is 1. The predicted octanol–water partition coefficient (Wildman–Crippen LogP) is 3.67. The molecule has 0 heterocycles. The van der Waals surface area contributed by atoms with Crippen LogP contribution in [0, 0.1) is 0 Å². The van der Waals surface area contributed by atoms with E-state index in [1.807, 2.05) is 0 Å². The predicted molar refractivity (Wildman–Crippen MR) is 104 cm³/mol. The summed E-state index contributed by atoms with van der Waals surface area (Å²) >= 11 is 0. The molecule has 156 valence electrons. The second-order valence-corrected chi connectivity index (χ2v) is 7.90.